The second-order valence-electron chi connectivity index (χ2n) is 9.83. The number of hydrogen-bond donors (Lipinski definition) is 1. The largest absolute Gasteiger partial charge is 0.394 e. The molecule has 9 heteroatoms. The van der Waals surface area contributed by atoms with Crippen LogP contribution in [0.15, 0.2) is 24.3 Å². The molecule has 2 amide bonds. The molecule has 1 aliphatic rings. The number of aliphatic hydroxyl groups is 1. The smallest absolute Gasteiger partial charge is 0.285 e. The fourth-order valence-corrected chi connectivity index (χ4v) is 4.23. The summed E-state index contributed by atoms with van der Waals surface area (Å²) in [5.41, 5.74) is 0.624. The first kappa shape index (κ1) is 33.3. The lowest BCUT2D eigenvalue weighted by atomic mass is 10.0. The molecule has 0 spiro atoms. The Morgan fingerprint density at radius 1 is 0.667 bits per heavy atom. The number of benzene rings is 1. The summed E-state index contributed by atoms with van der Waals surface area (Å²) in [6.07, 6.45) is 4.57. The second-order valence-corrected chi connectivity index (χ2v) is 9.83. The predicted octanol–water partition coefficient (Wildman–Crippen LogP) is 4.95. The minimum absolute atomic E-state index is 0.104. The number of hydroxylamine groups is 2. The van der Waals surface area contributed by atoms with E-state index in [9.17, 15) is 14.7 Å². The Bertz CT molecular complexity index is 800. The van der Waals surface area contributed by atoms with Crippen LogP contribution in [0.5, 0.6) is 0 Å². The van der Waals surface area contributed by atoms with E-state index in [2.05, 4.69) is 27.7 Å². The first-order chi connectivity index (χ1) is 19.0. The Balaban J connectivity index is 2.31. The number of ether oxygens (including phenoxy) is 4. The van der Waals surface area contributed by atoms with Gasteiger partial charge in [0.2, 0.25) is 0 Å². The van der Waals surface area contributed by atoms with E-state index in [4.69, 9.17) is 23.8 Å². The maximum Gasteiger partial charge on any atom is 0.285 e. The summed E-state index contributed by atoms with van der Waals surface area (Å²) in [4.78, 5) is 31.6. The lowest BCUT2D eigenvalue weighted by Gasteiger charge is -2.37. The van der Waals surface area contributed by atoms with Gasteiger partial charge in [0.05, 0.1) is 17.7 Å². The van der Waals surface area contributed by atoms with E-state index in [1.54, 1.807) is 24.3 Å². The number of aliphatic hydroxyl groups excluding tert-OH is 1. The maximum atomic E-state index is 12.9. The van der Waals surface area contributed by atoms with Gasteiger partial charge in [0.15, 0.2) is 0 Å². The molecule has 1 aromatic carbocycles. The third kappa shape index (κ3) is 10.2. The summed E-state index contributed by atoms with van der Waals surface area (Å²) in [6, 6.07) is 6.66. The number of unbranched alkanes of at least 4 members (excludes halogenated alkanes) is 4. The van der Waals surface area contributed by atoms with Crippen molar-refractivity contribution in [2.75, 3.05) is 39.6 Å². The van der Waals surface area contributed by atoms with E-state index in [1.165, 1.54) is 0 Å². The van der Waals surface area contributed by atoms with E-state index >= 15 is 0 Å². The Morgan fingerprint density at radius 2 is 1.08 bits per heavy atom. The van der Waals surface area contributed by atoms with Crippen LogP contribution in [0.2, 0.25) is 0 Å². The summed E-state index contributed by atoms with van der Waals surface area (Å²) in [7, 11) is 0. The van der Waals surface area contributed by atoms with Gasteiger partial charge in [-0.3, -0.25) is 14.4 Å². The molecular formula is C30H49NO8. The molecule has 1 N–H and O–H groups in total. The Labute approximate surface area is 234 Å². The Morgan fingerprint density at radius 3 is 1.51 bits per heavy atom. The maximum absolute atomic E-state index is 12.9. The molecule has 1 heterocycles. The summed E-state index contributed by atoms with van der Waals surface area (Å²) in [5.74, 6) is -1.00. The van der Waals surface area contributed by atoms with Crippen LogP contribution in [0, 0.1) is 0 Å². The number of imide groups is 1. The lowest BCUT2D eigenvalue weighted by Crippen LogP contribution is -2.53. The van der Waals surface area contributed by atoms with E-state index in [0.717, 1.165) is 56.4 Å². The monoisotopic (exact) mass is 551 g/mol. The van der Waals surface area contributed by atoms with Crippen molar-refractivity contribution in [3.8, 4) is 0 Å². The summed E-state index contributed by atoms with van der Waals surface area (Å²) in [5, 5.41) is 11.1. The fourth-order valence-electron chi connectivity index (χ4n) is 4.23. The minimum atomic E-state index is -0.673. The number of carbonyl (C=O) groups is 2. The number of nitrogens with zero attached hydrogens (tertiary/aromatic N) is 1. The van der Waals surface area contributed by atoms with Gasteiger partial charge in [-0.2, -0.15) is 0 Å². The van der Waals surface area contributed by atoms with Crippen LogP contribution in [0.4, 0.5) is 0 Å². The summed E-state index contributed by atoms with van der Waals surface area (Å²) < 4.78 is 25.0. The number of carbonyl (C=O) groups excluding carboxylic acids is 2. The first-order valence-corrected chi connectivity index (χ1v) is 14.7. The van der Waals surface area contributed by atoms with Gasteiger partial charge in [0, 0.05) is 26.4 Å². The Hall–Kier alpha value is -1.88. The molecule has 0 unspecified atom stereocenters. The molecule has 1 aliphatic heterocycles. The van der Waals surface area contributed by atoms with Gasteiger partial charge in [-0.15, -0.1) is 5.06 Å². The molecule has 39 heavy (non-hydrogen) atoms. The quantitative estimate of drug-likeness (QED) is 0.151. The van der Waals surface area contributed by atoms with Gasteiger partial charge in [0.1, 0.15) is 31.0 Å². The zero-order valence-corrected chi connectivity index (χ0v) is 24.3. The zero-order valence-electron chi connectivity index (χ0n) is 24.3. The summed E-state index contributed by atoms with van der Waals surface area (Å²) in [6.45, 7) is 9.85. The topological polar surface area (TPSA) is 104 Å². The van der Waals surface area contributed by atoms with Gasteiger partial charge in [-0.1, -0.05) is 65.5 Å². The summed E-state index contributed by atoms with van der Waals surface area (Å²) >= 11 is 0. The van der Waals surface area contributed by atoms with Crippen molar-refractivity contribution >= 4 is 11.8 Å². The van der Waals surface area contributed by atoms with E-state index in [1.807, 2.05) is 0 Å². The molecule has 9 nitrogen and oxygen atoms in total. The van der Waals surface area contributed by atoms with E-state index in [-0.39, 0.29) is 13.2 Å². The van der Waals surface area contributed by atoms with Crippen LogP contribution < -0.4 is 0 Å². The van der Waals surface area contributed by atoms with Gasteiger partial charge in [0.25, 0.3) is 11.8 Å². The van der Waals surface area contributed by atoms with E-state index < -0.39 is 36.2 Å². The predicted molar refractivity (Wildman–Crippen MR) is 149 cm³/mol. The molecule has 0 fully saturated rings. The molecule has 0 saturated heterocycles. The zero-order chi connectivity index (χ0) is 28.5. The van der Waals surface area contributed by atoms with Crippen molar-refractivity contribution in [2.45, 2.75) is 103 Å². The average molecular weight is 552 g/mol. The lowest BCUT2D eigenvalue weighted by molar-refractivity contribution is -0.209. The van der Waals surface area contributed by atoms with Crippen LogP contribution in [0.25, 0.3) is 0 Å². The fraction of sp³-hybridized carbons (Fsp3) is 0.733. The molecule has 0 radical (unpaired) electrons. The molecular weight excluding hydrogens is 502 g/mol. The molecule has 0 bridgehead atoms. The molecule has 0 saturated carbocycles. The van der Waals surface area contributed by atoms with Gasteiger partial charge in [-0.05, 0) is 37.8 Å². The van der Waals surface area contributed by atoms with Crippen molar-refractivity contribution < 1.29 is 38.5 Å². The van der Waals surface area contributed by atoms with Crippen LogP contribution >= 0.6 is 0 Å². The van der Waals surface area contributed by atoms with Crippen molar-refractivity contribution in [1.82, 2.24) is 5.06 Å². The normalized spacial score (nSPS) is 16.4. The molecule has 0 aromatic heterocycles. The van der Waals surface area contributed by atoms with Crippen molar-refractivity contribution in [3.63, 3.8) is 0 Å². The third-order valence-corrected chi connectivity index (χ3v) is 6.64. The van der Waals surface area contributed by atoms with Crippen molar-refractivity contribution in [2.24, 2.45) is 0 Å². The van der Waals surface area contributed by atoms with Crippen LogP contribution in [0.1, 0.15) is 99.8 Å². The molecule has 0 aliphatic carbocycles. The van der Waals surface area contributed by atoms with Crippen LogP contribution in [0.3, 0.4) is 0 Å². The average Bonchev–Trinajstić information content (AvgIpc) is 3.19. The molecule has 4 atom stereocenters. The van der Waals surface area contributed by atoms with Gasteiger partial charge >= 0.3 is 0 Å². The highest BCUT2D eigenvalue weighted by atomic mass is 16.7. The van der Waals surface area contributed by atoms with Gasteiger partial charge < -0.3 is 24.1 Å². The minimum Gasteiger partial charge on any atom is -0.394 e. The third-order valence-electron chi connectivity index (χ3n) is 6.64. The highest BCUT2D eigenvalue weighted by Gasteiger charge is 2.41. The van der Waals surface area contributed by atoms with E-state index in [0.29, 0.717) is 37.6 Å². The standard InChI is InChI=1S/C30H49NO8/c1-5-9-17-35-25(21-32)27(37-19-11-7-3)28(38-20-12-8-4)26(36-18-10-6-2)22-39-31-29(33)23-15-13-14-16-24(23)30(31)34/h13-16,25-28,32H,5-12,17-22H2,1-4H3/t25-,26-,27-,28-/m1/s1. The number of hydrogen-bond acceptors (Lipinski definition) is 8. The van der Waals surface area contributed by atoms with Gasteiger partial charge in [-0.25, -0.2) is 0 Å². The number of fused-ring (bicyclic) bond motifs is 1. The van der Waals surface area contributed by atoms with Crippen molar-refractivity contribution in [3.05, 3.63) is 35.4 Å². The van der Waals surface area contributed by atoms with Crippen molar-refractivity contribution in [1.29, 1.82) is 0 Å². The second kappa shape index (κ2) is 19.2. The number of amides is 2. The first-order valence-electron chi connectivity index (χ1n) is 14.7. The number of rotatable bonds is 23. The molecule has 222 valence electrons. The Kier molecular flexibility index (Phi) is 16.4. The van der Waals surface area contributed by atoms with Crippen LogP contribution in [-0.2, 0) is 23.8 Å². The molecule has 2 rings (SSSR count). The van der Waals surface area contributed by atoms with Crippen LogP contribution in [-0.4, -0.2) is 86.0 Å². The highest BCUT2D eigenvalue weighted by molar-refractivity contribution is 6.20. The molecule has 1 aromatic rings. The SMILES string of the molecule is CCCCO[C@@H]([C@H](OCCCC)[C@@H](CON1C(=O)c2ccccc2C1=O)OCCCC)[C@@H](CO)OCCCC. The highest BCUT2D eigenvalue weighted by Crippen LogP contribution is 2.25.